The summed E-state index contributed by atoms with van der Waals surface area (Å²) in [6.07, 6.45) is -3.52. The molecule has 0 bridgehead atoms. The highest BCUT2D eigenvalue weighted by Crippen LogP contribution is 2.32. The van der Waals surface area contributed by atoms with E-state index in [0.717, 1.165) is 11.8 Å². The Morgan fingerprint density at radius 1 is 1.24 bits per heavy atom. The van der Waals surface area contributed by atoms with Gasteiger partial charge in [-0.1, -0.05) is 31.2 Å². The third-order valence-corrected chi connectivity index (χ3v) is 5.25. The Bertz CT molecular complexity index is 1070. The highest BCUT2D eigenvalue weighted by atomic mass is 79.9. The molecule has 0 fully saturated rings. The van der Waals surface area contributed by atoms with Crippen molar-refractivity contribution in [3.63, 3.8) is 0 Å². The SMILES string of the molecule is CC1Cn2nc(Br)cc2N(Cc2ccc(-c3nc(C(F)(F)F)cn3C)cc2)C1=O. The second-order valence-corrected chi connectivity index (χ2v) is 7.90. The molecular weight excluding hydrogens is 451 g/mol. The monoisotopic (exact) mass is 467 g/mol. The van der Waals surface area contributed by atoms with Gasteiger partial charge in [-0.3, -0.25) is 9.69 Å². The molecule has 1 unspecified atom stereocenters. The predicted molar refractivity (Wildman–Crippen MR) is 104 cm³/mol. The number of hydrogen-bond donors (Lipinski definition) is 0. The third kappa shape index (κ3) is 3.68. The van der Waals surface area contributed by atoms with E-state index in [9.17, 15) is 18.0 Å². The number of hydrogen-bond acceptors (Lipinski definition) is 3. The summed E-state index contributed by atoms with van der Waals surface area (Å²) in [4.78, 5) is 18.1. The molecule has 0 N–H and O–H groups in total. The predicted octanol–water partition coefficient (Wildman–Crippen LogP) is 4.25. The zero-order chi connectivity index (χ0) is 20.9. The number of aromatic nitrogens is 4. The molecule has 0 aliphatic carbocycles. The summed E-state index contributed by atoms with van der Waals surface area (Å²) in [5.74, 6) is 0.756. The molecule has 2 aromatic heterocycles. The van der Waals surface area contributed by atoms with E-state index in [4.69, 9.17) is 0 Å². The number of amides is 1. The first kappa shape index (κ1) is 19.7. The second kappa shape index (κ2) is 7.01. The van der Waals surface area contributed by atoms with Gasteiger partial charge in [-0.15, -0.1) is 0 Å². The van der Waals surface area contributed by atoms with Gasteiger partial charge in [0.1, 0.15) is 16.2 Å². The molecule has 0 radical (unpaired) electrons. The number of nitrogens with zero attached hydrogens (tertiary/aromatic N) is 5. The summed E-state index contributed by atoms with van der Waals surface area (Å²) in [7, 11) is 1.53. The van der Waals surface area contributed by atoms with Crippen LogP contribution in [0.25, 0.3) is 11.4 Å². The zero-order valence-electron chi connectivity index (χ0n) is 15.6. The number of anilines is 1. The summed E-state index contributed by atoms with van der Waals surface area (Å²) in [5, 5.41) is 4.35. The Balaban J connectivity index is 1.59. The topological polar surface area (TPSA) is 56.0 Å². The molecule has 1 amide bonds. The molecule has 152 valence electrons. The van der Waals surface area contributed by atoms with E-state index in [0.29, 0.717) is 29.1 Å². The van der Waals surface area contributed by atoms with Crippen molar-refractivity contribution < 1.29 is 18.0 Å². The van der Waals surface area contributed by atoms with Crippen LogP contribution in [0.1, 0.15) is 18.2 Å². The minimum atomic E-state index is -4.49. The molecule has 3 aromatic rings. The Hall–Kier alpha value is -2.62. The molecule has 0 saturated carbocycles. The van der Waals surface area contributed by atoms with Gasteiger partial charge in [-0.25, -0.2) is 9.67 Å². The number of fused-ring (bicyclic) bond motifs is 1. The fourth-order valence-electron chi connectivity index (χ4n) is 3.42. The van der Waals surface area contributed by atoms with Crippen LogP contribution >= 0.6 is 15.9 Å². The van der Waals surface area contributed by atoms with Crippen molar-refractivity contribution >= 4 is 27.7 Å². The van der Waals surface area contributed by atoms with E-state index < -0.39 is 11.9 Å². The van der Waals surface area contributed by atoms with Crippen LogP contribution in [0.2, 0.25) is 0 Å². The number of rotatable bonds is 3. The number of imidazole rings is 1. The van der Waals surface area contributed by atoms with E-state index in [-0.39, 0.29) is 17.6 Å². The maximum absolute atomic E-state index is 12.9. The van der Waals surface area contributed by atoms with Crippen molar-refractivity contribution in [3.8, 4) is 11.4 Å². The zero-order valence-corrected chi connectivity index (χ0v) is 17.2. The first-order valence-electron chi connectivity index (χ1n) is 8.88. The fraction of sp³-hybridized carbons (Fsp3) is 0.316. The Morgan fingerprint density at radius 2 is 1.93 bits per heavy atom. The van der Waals surface area contributed by atoms with E-state index >= 15 is 0 Å². The minimum Gasteiger partial charge on any atom is -0.333 e. The number of halogens is 4. The lowest BCUT2D eigenvalue weighted by molar-refractivity contribution is -0.140. The van der Waals surface area contributed by atoms with Gasteiger partial charge < -0.3 is 4.57 Å². The van der Waals surface area contributed by atoms with Crippen molar-refractivity contribution in [2.24, 2.45) is 13.0 Å². The Kier molecular flexibility index (Phi) is 4.76. The lowest BCUT2D eigenvalue weighted by atomic mass is 10.1. The van der Waals surface area contributed by atoms with Crippen LogP contribution in [0.3, 0.4) is 0 Å². The van der Waals surface area contributed by atoms with E-state index in [1.165, 1.54) is 11.6 Å². The highest BCUT2D eigenvalue weighted by Gasteiger charge is 2.35. The maximum atomic E-state index is 12.9. The van der Waals surface area contributed by atoms with Crippen molar-refractivity contribution in [2.45, 2.75) is 26.2 Å². The van der Waals surface area contributed by atoms with Crippen LogP contribution in [0, 0.1) is 5.92 Å². The van der Waals surface area contributed by atoms with Gasteiger partial charge in [0.15, 0.2) is 5.69 Å². The highest BCUT2D eigenvalue weighted by molar-refractivity contribution is 9.10. The molecule has 1 aromatic carbocycles. The van der Waals surface area contributed by atoms with Gasteiger partial charge in [0.05, 0.1) is 19.0 Å². The molecule has 29 heavy (non-hydrogen) atoms. The Labute approximate surface area is 173 Å². The van der Waals surface area contributed by atoms with E-state index in [2.05, 4.69) is 26.0 Å². The van der Waals surface area contributed by atoms with Crippen LogP contribution in [-0.4, -0.2) is 25.2 Å². The van der Waals surface area contributed by atoms with Gasteiger partial charge in [0.2, 0.25) is 5.91 Å². The summed E-state index contributed by atoms with van der Waals surface area (Å²) < 4.78 is 42.5. The van der Waals surface area contributed by atoms with Gasteiger partial charge in [0.25, 0.3) is 0 Å². The van der Waals surface area contributed by atoms with Gasteiger partial charge in [-0.2, -0.15) is 18.3 Å². The molecule has 0 spiro atoms. The lowest BCUT2D eigenvalue weighted by Gasteiger charge is -2.31. The smallest absolute Gasteiger partial charge is 0.333 e. The summed E-state index contributed by atoms with van der Waals surface area (Å²) in [6.45, 7) is 2.72. The van der Waals surface area contributed by atoms with Crippen molar-refractivity contribution in [2.75, 3.05) is 4.90 Å². The van der Waals surface area contributed by atoms with Gasteiger partial charge in [0, 0.05) is 24.9 Å². The minimum absolute atomic E-state index is 0.00731. The molecule has 10 heteroatoms. The van der Waals surface area contributed by atoms with Gasteiger partial charge >= 0.3 is 6.18 Å². The average Bonchev–Trinajstić information content (AvgIpc) is 3.21. The first-order valence-corrected chi connectivity index (χ1v) is 9.67. The lowest BCUT2D eigenvalue weighted by Crippen LogP contribution is -2.42. The normalized spacial score (nSPS) is 17.0. The summed E-state index contributed by atoms with van der Waals surface area (Å²) >= 11 is 3.34. The molecule has 1 aliphatic rings. The molecule has 6 nitrogen and oxygen atoms in total. The molecular formula is C19H17BrF3N5O. The largest absolute Gasteiger partial charge is 0.434 e. The average molecular weight is 468 g/mol. The number of alkyl halides is 3. The van der Waals surface area contributed by atoms with Crippen LogP contribution in [0.15, 0.2) is 41.1 Å². The van der Waals surface area contributed by atoms with Crippen LogP contribution in [0.4, 0.5) is 19.0 Å². The molecule has 1 atom stereocenters. The van der Waals surface area contributed by atoms with Crippen molar-refractivity contribution in [1.29, 1.82) is 0 Å². The Morgan fingerprint density at radius 3 is 2.55 bits per heavy atom. The van der Waals surface area contributed by atoms with Crippen molar-refractivity contribution in [1.82, 2.24) is 19.3 Å². The van der Waals surface area contributed by atoms with Crippen LogP contribution < -0.4 is 4.90 Å². The van der Waals surface area contributed by atoms with Gasteiger partial charge in [-0.05, 0) is 21.5 Å². The second-order valence-electron chi connectivity index (χ2n) is 7.09. The number of carbonyl (C=O) groups excluding carboxylic acids is 1. The maximum Gasteiger partial charge on any atom is 0.434 e. The summed E-state index contributed by atoms with van der Waals surface area (Å²) in [6, 6.07) is 8.80. The van der Waals surface area contributed by atoms with Crippen LogP contribution in [0.5, 0.6) is 0 Å². The number of aryl methyl sites for hydroxylation is 1. The summed E-state index contributed by atoms with van der Waals surface area (Å²) in [5.41, 5.74) is 0.494. The molecule has 3 heterocycles. The number of carbonyl (C=O) groups is 1. The fourth-order valence-corrected chi connectivity index (χ4v) is 3.81. The van der Waals surface area contributed by atoms with E-state index in [1.54, 1.807) is 39.9 Å². The molecule has 1 aliphatic heterocycles. The molecule has 0 saturated heterocycles. The first-order chi connectivity index (χ1) is 13.6. The van der Waals surface area contributed by atoms with Crippen molar-refractivity contribution in [3.05, 3.63) is 52.4 Å². The quantitative estimate of drug-likeness (QED) is 0.578. The number of benzene rings is 1. The molecule has 4 rings (SSSR count). The third-order valence-electron chi connectivity index (χ3n) is 4.86. The van der Waals surface area contributed by atoms with E-state index in [1.807, 2.05) is 6.92 Å². The standard InChI is InChI=1S/C19H17BrF3N5O/c1-11-8-28-16(7-15(20)25-28)27(18(11)29)9-12-3-5-13(6-4-12)17-24-14(10-26(17)2)19(21,22)23/h3-7,10-11H,8-9H2,1-2H3. The van der Waals surface area contributed by atoms with Crippen LogP contribution in [-0.2, 0) is 31.1 Å².